The van der Waals surface area contributed by atoms with E-state index >= 15 is 0 Å². The predicted molar refractivity (Wildman–Crippen MR) is 127 cm³/mol. The molecule has 0 N–H and O–H groups in total. The van der Waals surface area contributed by atoms with E-state index in [9.17, 15) is 9.59 Å². The first-order chi connectivity index (χ1) is 16.0. The third-order valence-electron chi connectivity index (χ3n) is 7.38. The third-order valence-corrected chi connectivity index (χ3v) is 7.38. The van der Waals surface area contributed by atoms with Crippen LogP contribution in [0.25, 0.3) is 10.9 Å². The minimum atomic E-state index is -0.278. The molecular weight excluding hydrogens is 416 g/mol. The van der Waals surface area contributed by atoms with Crippen molar-refractivity contribution in [1.82, 2.24) is 9.47 Å². The standard InChI is InChI=1S/C27H30N2O4/c1-4-29-15-19(27(31)33-16-25(30)17-8-10-20(32-3)11-9-17)12-22-21-6-5-7-23-26(21)18(13-24(22)29)14-28(23)2/h5-11,14,19,22,24H,4,12-13,15-16H2,1-3H3/t19-,22-,24-/m1/s1. The van der Waals surface area contributed by atoms with E-state index in [0.717, 1.165) is 19.4 Å². The number of fused-ring (bicyclic) bond motifs is 2. The van der Waals surface area contributed by atoms with Crippen molar-refractivity contribution < 1.29 is 19.1 Å². The zero-order valence-electron chi connectivity index (χ0n) is 19.4. The van der Waals surface area contributed by atoms with Crippen LogP contribution in [0.3, 0.4) is 0 Å². The van der Waals surface area contributed by atoms with Crippen molar-refractivity contribution in [2.24, 2.45) is 13.0 Å². The highest BCUT2D eigenvalue weighted by atomic mass is 16.5. The Labute approximate surface area is 194 Å². The molecule has 0 amide bonds. The Bertz CT molecular complexity index is 1200. The predicted octanol–water partition coefficient (Wildman–Crippen LogP) is 3.96. The van der Waals surface area contributed by atoms with E-state index in [1.165, 1.54) is 22.0 Å². The van der Waals surface area contributed by atoms with Crippen LogP contribution in [0, 0.1) is 5.92 Å². The molecule has 2 aliphatic rings. The number of ketones is 1. The van der Waals surface area contributed by atoms with Crippen molar-refractivity contribution in [3.05, 3.63) is 65.4 Å². The molecule has 1 aliphatic heterocycles. The molecule has 3 aromatic rings. The second-order valence-corrected chi connectivity index (χ2v) is 9.16. The zero-order valence-corrected chi connectivity index (χ0v) is 19.4. The van der Waals surface area contributed by atoms with Crippen molar-refractivity contribution in [2.75, 3.05) is 26.8 Å². The Balaban J connectivity index is 1.32. The Kier molecular flexibility index (Phi) is 5.71. The van der Waals surface area contributed by atoms with Gasteiger partial charge >= 0.3 is 5.97 Å². The number of benzene rings is 2. The molecule has 3 atom stereocenters. The van der Waals surface area contributed by atoms with Gasteiger partial charge in [0.15, 0.2) is 12.4 Å². The smallest absolute Gasteiger partial charge is 0.310 e. The summed E-state index contributed by atoms with van der Waals surface area (Å²) in [6.07, 6.45) is 4.01. The molecule has 6 nitrogen and oxygen atoms in total. The molecule has 6 heteroatoms. The SMILES string of the molecule is CCN1C[C@H](C(=O)OCC(=O)c2ccc(OC)cc2)C[C@@H]2c3cccc4c3c(cn4C)C[C@H]21. The number of piperidine rings is 1. The lowest BCUT2D eigenvalue weighted by atomic mass is 9.72. The summed E-state index contributed by atoms with van der Waals surface area (Å²) >= 11 is 0. The fourth-order valence-electron chi connectivity index (χ4n) is 5.72. The highest BCUT2D eigenvalue weighted by Crippen LogP contribution is 2.45. The number of likely N-dealkylation sites (tertiary alicyclic amines) is 1. The minimum absolute atomic E-state index is 0.205. The van der Waals surface area contributed by atoms with Crippen molar-refractivity contribution >= 4 is 22.7 Å². The zero-order chi connectivity index (χ0) is 23.1. The first-order valence-electron chi connectivity index (χ1n) is 11.6. The van der Waals surface area contributed by atoms with E-state index in [4.69, 9.17) is 9.47 Å². The molecule has 1 aliphatic carbocycles. The number of hydrogen-bond acceptors (Lipinski definition) is 5. The quantitative estimate of drug-likeness (QED) is 0.424. The van der Waals surface area contributed by atoms with Gasteiger partial charge in [0.1, 0.15) is 5.75 Å². The van der Waals surface area contributed by atoms with Crippen LogP contribution in [-0.4, -0.2) is 54.1 Å². The average Bonchev–Trinajstić information content (AvgIpc) is 3.18. The number of methoxy groups -OCH3 is 1. The lowest BCUT2D eigenvalue weighted by Crippen LogP contribution is -2.51. The van der Waals surface area contributed by atoms with Gasteiger partial charge in [-0.1, -0.05) is 19.1 Å². The number of aryl methyl sites for hydroxylation is 1. The van der Waals surface area contributed by atoms with Gasteiger partial charge < -0.3 is 14.0 Å². The van der Waals surface area contributed by atoms with E-state index in [0.29, 0.717) is 23.9 Å². The average molecular weight is 447 g/mol. The normalized spacial score (nSPS) is 22.1. The van der Waals surface area contributed by atoms with Gasteiger partial charge in [-0.05, 0) is 60.8 Å². The summed E-state index contributed by atoms with van der Waals surface area (Å²) in [5, 5.41) is 1.35. The summed E-state index contributed by atoms with van der Waals surface area (Å²) in [5.41, 5.74) is 4.50. The number of ether oxygens (including phenoxy) is 2. The number of Topliss-reactive ketones (excluding diaryl/α,β-unsaturated/α-hetero) is 1. The largest absolute Gasteiger partial charge is 0.497 e. The van der Waals surface area contributed by atoms with E-state index in [-0.39, 0.29) is 30.2 Å². The van der Waals surface area contributed by atoms with Crippen LogP contribution in [-0.2, 0) is 23.0 Å². The summed E-state index contributed by atoms with van der Waals surface area (Å²) in [6.45, 7) is 3.47. The molecule has 2 aromatic carbocycles. The molecule has 2 heterocycles. The van der Waals surface area contributed by atoms with Gasteiger partial charge in [0.25, 0.3) is 0 Å². The van der Waals surface area contributed by atoms with E-state index in [1.807, 2.05) is 0 Å². The van der Waals surface area contributed by atoms with Gasteiger partial charge in [-0.15, -0.1) is 0 Å². The molecule has 5 rings (SSSR count). The van der Waals surface area contributed by atoms with Gasteiger partial charge in [0.05, 0.1) is 13.0 Å². The molecule has 1 fully saturated rings. The van der Waals surface area contributed by atoms with Crippen LogP contribution < -0.4 is 4.74 Å². The summed E-state index contributed by atoms with van der Waals surface area (Å²) in [5.74, 6) is 0.245. The Morgan fingerprint density at radius 3 is 2.64 bits per heavy atom. The lowest BCUT2D eigenvalue weighted by molar-refractivity contribution is -0.150. The van der Waals surface area contributed by atoms with Crippen molar-refractivity contribution in [3.63, 3.8) is 0 Å². The van der Waals surface area contributed by atoms with Crippen molar-refractivity contribution in [3.8, 4) is 5.75 Å². The molecule has 1 aromatic heterocycles. The maximum Gasteiger partial charge on any atom is 0.310 e. The van der Waals surface area contributed by atoms with Crippen molar-refractivity contribution in [1.29, 1.82) is 0 Å². The molecule has 33 heavy (non-hydrogen) atoms. The number of carbonyl (C=O) groups is 2. The molecule has 0 saturated carbocycles. The number of esters is 1. The highest BCUT2D eigenvalue weighted by Gasteiger charge is 2.43. The van der Waals surface area contributed by atoms with Gasteiger partial charge in [0.2, 0.25) is 0 Å². The molecular formula is C27H30N2O4. The van der Waals surface area contributed by atoms with Crippen LogP contribution in [0.4, 0.5) is 0 Å². The first kappa shape index (κ1) is 21.7. The Hall–Kier alpha value is -3.12. The second kappa shape index (κ2) is 8.67. The second-order valence-electron chi connectivity index (χ2n) is 9.16. The maximum atomic E-state index is 13.0. The number of aromatic nitrogens is 1. The molecule has 1 saturated heterocycles. The van der Waals surface area contributed by atoms with Gasteiger partial charge in [-0.25, -0.2) is 0 Å². The number of rotatable bonds is 6. The van der Waals surface area contributed by atoms with Crippen LogP contribution >= 0.6 is 0 Å². The summed E-state index contributed by atoms with van der Waals surface area (Å²) < 4.78 is 12.9. The van der Waals surface area contributed by atoms with E-state index < -0.39 is 0 Å². The third kappa shape index (κ3) is 3.82. The first-order valence-corrected chi connectivity index (χ1v) is 11.6. The molecule has 0 radical (unpaired) electrons. The van der Waals surface area contributed by atoms with Gasteiger partial charge in [0, 0.05) is 48.2 Å². The fourth-order valence-corrected chi connectivity index (χ4v) is 5.72. The van der Waals surface area contributed by atoms with Crippen LogP contribution in [0.1, 0.15) is 40.7 Å². The van der Waals surface area contributed by atoms with Crippen LogP contribution in [0.15, 0.2) is 48.7 Å². The molecule has 0 unspecified atom stereocenters. The summed E-state index contributed by atoms with van der Waals surface area (Å²) in [6, 6.07) is 13.7. The maximum absolute atomic E-state index is 13.0. The minimum Gasteiger partial charge on any atom is -0.497 e. The number of nitrogens with zero attached hydrogens (tertiary/aromatic N) is 2. The molecule has 0 bridgehead atoms. The summed E-state index contributed by atoms with van der Waals surface area (Å²) in [7, 11) is 3.68. The van der Waals surface area contributed by atoms with E-state index in [2.05, 4.69) is 47.8 Å². The van der Waals surface area contributed by atoms with Crippen molar-refractivity contribution in [2.45, 2.75) is 31.7 Å². The lowest BCUT2D eigenvalue weighted by Gasteiger charge is -2.46. The van der Waals surface area contributed by atoms with Gasteiger partial charge in [-0.2, -0.15) is 0 Å². The highest BCUT2D eigenvalue weighted by molar-refractivity contribution is 5.98. The topological polar surface area (TPSA) is 60.8 Å². The number of carbonyl (C=O) groups excluding carboxylic acids is 2. The Morgan fingerprint density at radius 2 is 1.91 bits per heavy atom. The molecule has 0 spiro atoms. The molecule has 172 valence electrons. The van der Waals surface area contributed by atoms with Gasteiger partial charge in [-0.3, -0.25) is 14.5 Å². The Morgan fingerprint density at radius 1 is 1.12 bits per heavy atom. The number of hydrogen-bond donors (Lipinski definition) is 0. The number of likely N-dealkylation sites (N-methyl/N-ethyl adjacent to an activating group) is 1. The fraction of sp³-hybridized carbons (Fsp3) is 0.407. The van der Waals surface area contributed by atoms with E-state index in [1.54, 1.807) is 31.4 Å². The monoisotopic (exact) mass is 446 g/mol. The summed E-state index contributed by atoms with van der Waals surface area (Å²) in [4.78, 5) is 28.0. The van der Waals surface area contributed by atoms with Crippen LogP contribution in [0.5, 0.6) is 5.75 Å². The van der Waals surface area contributed by atoms with Crippen LogP contribution in [0.2, 0.25) is 0 Å².